The molecule has 2 aromatic rings. The molecule has 1 aromatic heterocycles. The van der Waals surface area contributed by atoms with Gasteiger partial charge in [0, 0.05) is 0 Å². The van der Waals surface area contributed by atoms with E-state index in [1.54, 1.807) is 0 Å². The van der Waals surface area contributed by atoms with Gasteiger partial charge in [0.05, 0.1) is 38.3 Å². The van der Waals surface area contributed by atoms with Gasteiger partial charge in [-0.2, -0.15) is 13.2 Å². The molecule has 0 aliphatic carbocycles. The van der Waals surface area contributed by atoms with E-state index in [1.807, 2.05) is 0 Å². The lowest BCUT2D eigenvalue weighted by Crippen LogP contribution is -2.09. The fourth-order valence-corrected chi connectivity index (χ4v) is 2.09. The summed E-state index contributed by atoms with van der Waals surface area (Å²) in [6.45, 7) is 0. The van der Waals surface area contributed by atoms with Crippen molar-refractivity contribution in [1.82, 2.24) is 4.98 Å². The predicted octanol–water partition coefficient (Wildman–Crippen LogP) is 5.39. The number of rotatable bonds is 2. The average molecular weight is 357 g/mol. The molecule has 0 radical (unpaired) electrons. The van der Waals surface area contributed by atoms with Crippen LogP contribution in [0.5, 0.6) is 0 Å². The minimum absolute atomic E-state index is 0.0117. The monoisotopic (exact) mass is 355 g/mol. The summed E-state index contributed by atoms with van der Waals surface area (Å²) in [4.78, 5) is 3.24. The summed E-state index contributed by atoms with van der Waals surface area (Å²) >= 11 is 17.6. The number of aromatic nitrogens is 1. The first-order chi connectivity index (χ1) is 9.68. The fraction of sp³-hybridized carbons (Fsp3) is 0.0833. The van der Waals surface area contributed by atoms with Crippen molar-refractivity contribution in [2.45, 2.75) is 6.18 Å². The van der Waals surface area contributed by atoms with E-state index >= 15 is 0 Å². The number of hydrogen-bond donors (Lipinski definition) is 2. The normalized spacial score (nSPS) is 11.5. The number of pyridine rings is 1. The predicted molar refractivity (Wildman–Crippen MR) is 78.4 cm³/mol. The zero-order chi connectivity index (χ0) is 15.8. The molecule has 1 aromatic carbocycles. The van der Waals surface area contributed by atoms with Gasteiger partial charge in [-0.3, -0.25) is 0 Å². The highest BCUT2D eigenvalue weighted by molar-refractivity contribution is 6.44. The smallest absolute Gasteiger partial charge is 0.396 e. The van der Waals surface area contributed by atoms with Crippen LogP contribution in [-0.4, -0.2) is 4.98 Å². The second kappa shape index (κ2) is 5.79. The van der Waals surface area contributed by atoms with Gasteiger partial charge in [0.2, 0.25) is 0 Å². The third kappa shape index (κ3) is 3.64. The van der Waals surface area contributed by atoms with Crippen molar-refractivity contribution in [1.29, 1.82) is 0 Å². The molecule has 0 atom stereocenters. The molecule has 3 nitrogen and oxygen atoms in total. The van der Waals surface area contributed by atoms with E-state index in [-0.39, 0.29) is 32.1 Å². The molecule has 0 aliphatic rings. The second-order valence-corrected chi connectivity index (χ2v) is 5.25. The van der Waals surface area contributed by atoms with Gasteiger partial charge in [0.15, 0.2) is 0 Å². The molecule has 2 rings (SSSR count). The van der Waals surface area contributed by atoms with E-state index < -0.39 is 11.9 Å². The Morgan fingerprint density at radius 1 is 0.952 bits per heavy atom. The molecular formula is C12H7Cl3F3N3. The molecule has 9 heteroatoms. The van der Waals surface area contributed by atoms with Crippen LogP contribution >= 0.6 is 34.8 Å². The van der Waals surface area contributed by atoms with E-state index in [0.29, 0.717) is 0 Å². The standard InChI is InChI=1S/C12H7Cl3F3N3/c13-5-1-7(15)9(2-6(5)14)21-10-3-11(12(16,17)18)20-4-8(10)19/h1-4H,19H2,(H,20,21). The van der Waals surface area contributed by atoms with Gasteiger partial charge < -0.3 is 11.1 Å². The van der Waals surface area contributed by atoms with Crippen molar-refractivity contribution >= 4 is 51.9 Å². The van der Waals surface area contributed by atoms with Crippen LogP contribution in [0, 0.1) is 0 Å². The van der Waals surface area contributed by atoms with E-state index in [0.717, 1.165) is 12.3 Å². The number of anilines is 3. The van der Waals surface area contributed by atoms with Crippen LogP contribution in [0.15, 0.2) is 24.4 Å². The second-order valence-electron chi connectivity index (χ2n) is 4.03. The maximum absolute atomic E-state index is 12.6. The van der Waals surface area contributed by atoms with Gasteiger partial charge in [0.25, 0.3) is 0 Å². The summed E-state index contributed by atoms with van der Waals surface area (Å²) in [5.74, 6) is 0. The third-order valence-electron chi connectivity index (χ3n) is 2.50. The Morgan fingerprint density at radius 3 is 2.19 bits per heavy atom. The molecule has 0 spiro atoms. The highest BCUT2D eigenvalue weighted by Crippen LogP contribution is 2.36. The Morgan fingerprint density at radius 2 is 1.57 bits per heavy atom. The number of nitrogens with one attached hydrogen (secondary N) is 1. The lowest BCUT2D eigenvalue weighted by Gasteiger charge is -2.14. The molecule has 0 bridgehead atoms. The lowest BCUT2D eigenvalue weighted by atomic mass is 10.2. The van der Waals surface area contributed by atoms with E-state index in [1.165, 1.54) is 12.1 Å². The molecule has 0 saturated carbocycles. The van der Waals surface area contributed by atoms with Crippen molar-refractivity contribution in [3.05, 3.63) is 45.2 Å². The zero-order valence-corrected chi connectivity index (χ0v) is 12.4. The Labute approximate surface area is 132 Å². The molecule has 21 heavy (non-hydrogen) atoms. The highest BCUT2D eigenvalue weighted by atomic mass is 35.5. The van der Waals surface area contributed by atoms with Crippen LogP contribution in [0.25, 0.3) is 0 Å². The number of halogens is 6. The van der Waals surface area contributed by atoms with E-state index in [4.69, 9.17) is 40.5 Å². The highest BCUT2D eigenvalue weighted by Gasteiger charge is 2.33. The SMILES string of the molecule is Nc1cnc(C(F)(F)F)cc1Nc1cc(Cl)c(Cl)cc1Cl. The molecule has 0 saturated heterocycles. The zero-order valence-electron chi connectivity index (χ0n) is 10.1. The van der Waals surface area contributed by atoms with Gasteiger partial charge in [-0.05, 0) is 18.2 Å². The summed E-state index contributed by atoms with van der Waals surface area (Å²) in [5.41, 5.74) is 4.85. The van der Waals surface area contributed by atoms with Crippen LogP contribution in [0.2, 0.25) is 15.1 Å². The van der Waals surface area contributed by atoms with Gasteiger partial charge >= 0.3 is 6.18 Å². The maximum atomic E-state index is 12.6. The van der Waals surface area contributed by atoms with E-state index in [9.17, 15) is 13.2 Å². The first kappa shape index (κ1) is 16.0. The first-order valence-corrected chi connectivity index (χ1v) is 6.56. The molecule has 3 N–H and O–H groups in total. The summed E-state index contributed by atoms with van der Waals surface area (Å²) < 4.78 is 37.9. The molecule has 0 fully saturated rings. The molecule has 0 amide bonds. The van der Waals surface area contributed by atoms with Crippen LogP contribution in [-0.2, 0) is 6.18 Å². The minimum Gasteiger partial charge on any atom is -0.396 e. The minimum atomic E-state index is -4.58. The largest absolute Gasteiger partial charge is 0.433 e. The molecule has 0 unspecified atom stereocenters. The Balaban J connectivity index is 2.42. The van der Waals surface area contributed by atoms with Crippen molar-refractivity contribution in [2.24, 2.45) is 0 Å². The third-order valence-corrected chi connectivity index (χ3v) is 3.54. The Hall–Kier alpha value is -1.37. The van der Waals surface area contributed by atoms with Crippen molar-refractivity contribution < 1.29 is 13.2 Å². The van der Waals surface area contributed by atoms with Gasteiger partial charge in [-0.15, -0.1) is 0 Å². The Kier molecular flexibility index (Phi) is 4.41. The van der Waals surface area contributed by atoms with Crippen molar-refractivity contribution in [2.75, 3.05) is 11.1 Å². The number of benzene rings is 1. The quantitative estimate of drug-likeness (QED) is 0.710. The summed E-state index contributed by atoms with van der Waals surface area (Å²) in [6.07, 6.45) is -3.66. The number of nitrogens with zero attached hydrogens (tertiary/aromatic N) is 1. The Bertz CT molecular complexity index is 689. The summed E-state index contributed by atoms with van der Waals surface area (Å²) in [5, 5.41) is 3.30. The summed E-state index contributed by atoms with van der Waals surface area (Å²) in [7, 11) is 0. The average Bonchev–Trinajstić information content (AvgIpc) is 2.37. The van der Waals surface area contributed by atoms with Crippen LogP contribution in [0.4, 0.5) is 30.2 Å². The number of alkyl halides is 3. The molecule has 112 valence electrons. The number of nitrogen functional groups attached to an aromatic ring is 1. The topological polar surface area (TPSA) is 50.9 Å². The van der Waals surface area contributed by atoms with E-state index in [2.05, 4.69) is 10.3 Å². The van der Waals surface area contributed by atoms with Crippen molar-refractivity contribution in [3.63, 3.8) is 0 Å². The van der Waals surface area contributed by atoms with Gasteiger partial charge in [-0.25, -0.2) is 4.98 Å². The van der Waals surface area contributed by atoms with Gasteiger partial charge in [-0.1, -0.05) is 34.8 Å². The van der Waals surface area contributed by atoms with Crippen LogP contribution in [0.1, 0.15) is 5.69 Å². The maximum Gasteiger partial charge on any atom is 0.433 e. The number of hydrogen-bond acceptors (Lipinski definition) is 3. The van der Waals surface area contributed by atoms with Crippen LogP contribution < -0.4 is 11.1 Å². The first-order valence-electron chi connectivity index (χ1n) is 5.43. The molecule has 0 aliphatic heterocycles. The lowest BCUT2D eigenvalue weighted by molar-refractivity contribution is -0.141. The summed E-state index contributed by atoms with van der Waals surface area (Å²) in [6, 6.07) is 3.54. The van der Waals surface area contributed by atoms with Crippen molar-refractivity contribution in [3.8, 4) is 0 Å². The molecule has 1 heterocycles. The van der Waals surface area contributed by atoms with Crippen LogP contribution in [0.3, 0.4) is 0 Å². The number of nitrogens with two attached hydrogens (primary N) is 1. The van der Waals surface area contributed by atoms with Gasteiger partial charge in [0.1, 0.15) is 5.69 Å². The molecular weight excluding hydrogens is 350 g/mol. The fourth-order valence-electron chi connectivity index (χ4n) is 1.49.